The average Bonchev–Trinajstić information content (AvgIpc) is 2.59. The predicted molar refractivity (Wildman–Crippen MR) is 92.2 cm³/mol. The van der Waals surface area contributed by atoms with Gasteiger partial charge in [0.25, 0.3) is 5.69 Å². The first-order chi connectivity index (χ1) is 11.5. The zero-order valence-corrected chi connectivity index (χ0v) is 13.3. The summed E-state index contributed by atoms with van der Waals surface area (Å²) in [5.74, 6) is 0. The first kappa shape index (κ1) is 17.3. The van der Waals surface area contributed by atoms with E-state index < -0.39 is 9.85 Å². The van der Waals surface area contributed by atoms with Crippen molar-refractivity contribution in [2.45, 2.75) is 32.6 Å². The molecule has 0 bridgehead atoms. The van der Waals surface area contributed by atoms with E-state index in [1.165, 1.54) is 12.1 Å². The van der Waals surface area contributed by atoms with Crippen molar-refractivity contribution in [3.05, 3.63) is 62.2 Å². The van der Waals surface area contributed by atoms with Crippen LogP contribution >= 0.6 is 0 Å². The molecule has 0 radical (unpaired) electrons. The summed E-state index contributed by atoms with van der Waals surface area (Å²) in [6, 6.07) is 3.43. The molecule has 1 aliphatic rings. The molecule has 0 saturated heterocycles. The van der Waals surface area contributed by atoms with Crippen molar-refractivity contribution in [3.8, 4) is 0 Å². The number of nitrogens with zero attached hydrogens (tertiary/aromatic N) is 3. The molecule has 0 aliphatic heterocycles. The molecule has 2 rings (SSSR count). The van der Waals surface area contributed by atoms with Crippen molar-refractivity contribution in [2.75, 3.05) is 5.43 Å². The van der Waals surface area contributed by atoms with Gasteiger partial charge in [-0.1, -0.05) is 12.2 Å². The normalized spacial score (nSPS) is 15.2. The largest absolute Gasteiger partial charge is 0.301 e. The summed E-state index contributed by atoms with van der Waals surface area (Å²) in [6.07, 6.45) is 9.93. The molecule has 24 heavy (non-hydrogen) atoms. The monoisotopic (exact) mass is 330 g/mol. The number of hydrazone groups is 1. The first-order valence-electron chi connectivity index (χ1n) is 7.61. The number of rotatable bonds is 6. The number of hydrogen-bond donors (Lipinski definition) is 1. The summed E-state index contributed by atoms with van der Waals surface area (Å²) in [5, 5.41) is 26.2. The van der Waals surface area contributed by atoms with E-state index in [9.17, 15) is 20.2 Å². The highest BCUT2D eigenvalue weighted by molar-refractivity contribution is 6.08. The maximum atomic E-state index is 11.1. The number of hydrogen-bond acceptors (Lipinski definition) is 6. The molecule has 8 nitrogen and oxygen atoms in total. The third kappa shape index (κ3) is 4.25. The molecular weight excluding hydrogens is 312 g/mol. The minimum Gasteiger partial charge on any atom is -0.271 e. The van der Waals surface area contributed by atoms with Gasteiger partial charge < -0.3 is 0 Å². The van der Waals surface area contributed by atoms with Gasteiger partial charge in [0.1, 0.15) is 5.69 Å². The van der Waals surface area contributed by atoms with Crippen LogP contribution in [0, 0.1) is 20.2 Å². The van der Waals surface area contributed by atoms with Gasteiger partial charge >= 0.3 is 5.69 Å². The number of non-ortho nitro benzene ring substituents is 1. The third-order valence-corrected chi connectivity index (χ3v) is 3.63. The number of nitrogens with one attached hydrogen (secondary N) is 1. The van der Waals surface area contributed by atoms with Crippen molar-refractivity contribution in [1.82, 2.24) is 0 Å². The van der Waals surface area contributed by atoms with Crippen LogP contribution < -0.4 is 5.43 Å². The van der Waals surface area contributed by atoms with Crippen LogP contribution in [0.5, 0.6) is 0 Å². The zero-order chi connectivity index (χ0) is 17.5. The second-order valence-corrected chi connectivity index (χ2v) is 5.30. The number of benzene rings is 1. The Morgan fingerprint density at radius 2 is 2.04 bits per heavy atom. The molecule has 0 amide bonds. The molecule has 0 unspecified atom stereocenters. The lowest BCUT2D eigenvalue weighted by Crippen LogP contribution is -2.07. The number of allylic oxidation sites excluding steroid dienone is 4. The van der Waals surface area contributed by atoms with Crippen molar-refractivity contribution in [3.63, 3.8) is 0 Å². The van der Waals surface area contributed by atoms with Crippen molar-refractivity contribution >= 4 is 22.8 Å². The lowest BCUT2D eigenvalue weighted by Gasteiger charge is -2.13. The summed E-state index contributed by atoms with van der Waals surface area (Å²) < 4.78 is 0. The van der Waals surface area contributed by atoms with Gasteiger partial charge in [-0.05, 0) is 50.3 Å². The molecule has 1 aromatic rings. The SMILES string of the molecule is C/C=C/C(=NNc1ccc([N+](=O)[O-])cc1[N+](=O)[O-])C1=CCCCC1. The number of nitro benzene ring substituents is 2. The minimum absolute atomic E-state index is 0.115. The van der Waals surface area contributed by atoms with Gasteiger partial charge in [-0.15, -0.1) is 0 Å². The van der Waals surface area contributed by atoms with Gasteiger partial charge in [0.15, 0.2) is 0 Å². The maximum absolute atomic E-state index is 11.1. The smallest absolute Gasteiger partial charge is 0.271 e. The molecule has 0 fully saturated rings. The highest BCUT2D eigenvalue weighted by Crippen LogP contribution is 2.29. The van der Waals surface area contributed by atoms with Crippen LogP contribution in [0.3, 0.4) is 0 Å². The summed E-state index contributed by atoms with van der Waals surface area (Å²) in [7, 11) is 0. The Labute approximate surface area is 138 Å². The van der Waals surface area contributed by atoms with Crippen LogP contribution in [0.2, 0.25) is 0 Å². The Kier molecular flexibility index (Phi) is 5.78. The molecule has 0 atom stereocenters. The number of anilines is 1. The van der Waals surface area contributed by atoms with Crippen LogP contribution in [0.1, 0.15) is 32.6 Å². The van der Waals surface area contributed by atoms with Crippen LogP contribution in [0.25, 0.3) is 0 Å². The lowest BCUT2D eigenvalue weighted by atomic mass is 9.96. The van der Waals surface area contributed by atoms with Gasteiger partial charge in [0.2, 0.25) is 0 Å². The fourth-order valence-corrected chi connectivity index (χ4v) is 2.44. The van der Waals surface area contributed by atoms with Crippen LogP contribution in [-0.2, 0) is 0 Å². The van der Waals surface area contributed by atoms with E-state index in [0.717, 1.165) is 37.3 Å². The number of nitro groups is 2. The topological polar surface area (TPSA) is 111 Å². The second-order valence-electron chi connectivity index (χ2n) is 5.30. The quantitative estimate of drug-likeness (QED) is 0.473. The van der Waals surface area contributed by atoms with Crippen LogP contribution in [0.15, 0.2) is 47.1 Å². The van der Waals surface area contributed by atoms with E-state index in [1.807, 2.05) is 19.1 Å². The molecule has 1 aromatic carbocycles. The second kappa shape index (κ2) is 8.00. The molecule has 0 aromatic heterocycles. The van der Waals surface area contributed by atoms with Gasteiger partial charge in [-0.2, -0.15) is 5.10 Å². The molecule has 1 N–H and O–H groups in total. The standard InChI is InChI=1S/C16H18N4O4/c1-2-6-14(12-7-4-3-5-8-12)17-18-15-10-9-13(19(21)22)11-16(15)20(23)24/h2,6-7,9-11,18H,3-5,8H2,1H3/b6-2+,17-14?. The van der Waals surface area contributed by atoms with Crippen LogP contribution in [-0.4, -0.2) is 15.6 Å². The van der Waals surface area contributed by atoms with Crippen LogP contribution in [0.4, 0.5) is 17.1 Å². The van der Waals surface area contributed by atoms with Gasteiger partial charge in [0.05, 0.1) is 21.6 Å². The Balaban J connectivity index is 2.32. The van der Waals surface area contributed by atoms with E-state index >= 15 is 0 Å². The van der Waals surface area contributed by atoms with E-state index in [4.69, 9.17) is 0 Å². The van der Waals surface area contributed by atoms with Crippen molar-refractivity contribution in [2.24, 2.45) is 5.10 Å². The molecular formula is C16H18N4O4. The van der Waals surface area contributed by atoms with E-state index in [1.54, 1.807) is 0 Å². The molecule has 0 spiro atoms. The molecule has 0 saturated carbocycles. The molecule has 1 aliphatic carbocycles. The highest BCUT2D eigenvalue weighted by Gasteiger charge is 2.19. The van der Waals surface area contributed by atoms with Gasteiger partial charge in [-0.3, -0.25) is 25.7 Å². The average molecular weight is 330 g/mol. The summed E-state index contributed by atoms with van der Waals surface area (Å²) in [6.45, 7) is 1.87. The Hall–Kier alpha value is -3.03. The summed E-state index contributed by atoms with van der Waals surface area (Å²) in [4.78, 5) is 20.6. The first-order valence-corrected chi connectivity index (χ1v) is 7.61. The van der Waals surface area contributed by atoms with E-state index in [-0.39, 0.29) is 17.1 Å². The predicted octanol–water partition coefficient (Wildman–Crippen LogP) is 4.35. The maximum Gasteiger partial charge on any atom is 0.301 e. The molecule has 8 heteroatoms. The van der Waals surface area contributed by atoms with Gasteiger partial charge in [0, 0.05) is 6.07 Å². The Bertz CT molecular complexity index is 738. The minimum atomic E-state index is -0.669. The molecule has 0 heterocycles. The van der Waals surface area contributed by atoms with Gasteiger partial charge in [-0.25, -0.2) is 0 Å². The third-order valence-electron chi connectivity index (χ3n) is 3.63. The summed E-state index contributed by atoms with van der Waals surface area (Å²) >= 11 is 0. The zero-order valence-electron chi connectivity index (χ0n) is 13.3. The Morgan fingerprint density at radius 1 is 1.25 bits per heavy atom. The van der Waals surface area contributed by atoms with Crippen molar-refractivity contribution < 1.29 is 9.85 Å². The highest BCUT2D eigenvalue weighted by atomic mass is 16.6. The summed E-state index contributed by atoms with van der Waals surface area (Å²) in [5.41, 5.74) is 3.88. The molecule has 126 valence electrons. The Morgan fingerprint density at radius 3 is 2.62 bits per heavy atom. The fraction of sp³-hybridized carbons (Fsp3) is 0.312. The lowest BCUT2D eigenvalue weighted by molar-refractivity contribution is -0.393. The van der Waals surface area contributed by atoms with Crippen molar-refractivity contribution in [1.29, 1.82) is 0 Å². The fourth-order valence-electron chi connectivity index (χ4n) is 2.44. The van der Waals surface area contributed by atoms with E-state index in [2.05, 4.69) is 16.6 Å². The van der Waals surface area contributed by atoms with E-state index in [0.29, 0.717) is 5.71 Å².